The van der Waals surface area contributed by atoms with Crippen molar-refractivity contribution in [2.45, 2.75) is 142 Å². The van der Waals surface area contributed by atoms with Crippen molar-refractivity contribution >= 4 is 17.9 Å². The molecular formula is C47H75NO7. The highest BCUT2D eigenvalue weighted by Crippen LogP contribution is 2.11. The van der Waals surface area contributed by atoms with E-state index in [-0.39, 0.29) is 49.1 Å². The molecule has 0 bridgehead atoms. The monoisotopic (exact) mass is 766 g/mol. The van der Waals surface area contributed by atoms with Crippen LogP contribution in [0.25, 0.3) is 0 Å². The molecule has 8 heteroatoms. The first-order valence-corrected chi connectivity index (χ1v) is 20.8. The molecule has 0 aromatic heterocycles. The minimum atomic E-state index is -1.14. The lowest BCUT2D eigenvalue weighted by Crippen LogP contribution is -2.55. The van der Waals surface area contributed by atoms with Gasteiger partial charge in [0.05, 0.1) is 40.3 Å². The normalized spacial score (nSPS) is 14.0. The van der Waals surface area contributed by atoms with Gasteiger partial charge >= 0.3 is 11.9 Å². The fourth-order valence-corrected chi connectivity index (χ4v) is 5.29. The van der Waals surface area contributed by atoms with Crippen LogP contribution in [0.3, 0.4) is 0 Å². The Kier molecular flexibility index (Phi) is 34.7. The van der Waals surface area contributed by atoms with E-state index in [1.165, 1.54) is 0 Å². The van der Waals surface area contributed by atoms with E-state index in [4.69, 9.17) is 14.2 Å². The summed E-state index contributed by atoms with van der Waals surface area (Å²) in [4.78, 5) is 36.8. The molecule has 0 amide bonds. The lowest BCUT2D eigenvalue weighted by Gasteiger charge is -2.34. The fraction of sp³-hybridized carbons (Fsp3) is 0.596. The molecular weight excluding hydrogens is 691 g/mol. The maximum atomic E-state index is 12.7. The van der Waals surface area contributed by atoms with Gasteiger partial charge in [-0.15, -0.1) is 0 Å². The van der Waals surface area contributed by atoms with E-state index in [0.717, 1.165) is 89.9 Å². The van der Waals surface area contributed by atoms with Crippen LogP contribution in [0.2, 0.25) is 0 Å². The number of likely N-dealkylation sites (N-methyl/N-ethyl adjacent to an activating group) is 1. The summed E-state index contributed by atoms with van der Waals surface area (Å²) in [5.74, 6) is -1.86. The molecule has 55 heavy (non-hydrogen) atoms. The molecule has 0 aliphatic rings. The van der Waals surface area contributed by atoms with Crippen molar-refractivity contribution in [1.29, 1.82) is 0 Å². The predicted octanol–water partition coefficient (Wildman–Crippen LogP) is 9.79. The Hall–Kier alpha value is -3.75. The Morgan fingerprint density at radius 2 is 0.982 bits per heavy atom. The average Bonchev–Trinajstić information content (AvgIpc) is 3.14. The van der Waals surface area contributed by atoms with Gasteiger partial charge in [-0.25, -0.2) is 0 Å². The van der Waals surface area contributed by atoms with Gasteiger partial charge in [-0.05, 0) is 83.5 Å². The zero-order valence-corrected chi connectivity index (χ0v) is 35.0. The van der Waals surface area contributed by atoms with Crippen molar-refractivity contribution in [3.05, 3.63) is 97.2 Å². The molecule has 0 N–H and O–H groups in total. The highest BCUT2D eigenvalue weighted by molar-refractivity contribution is 5.70. The molecule has 2 atom stereocenters. The van der Waals surface area contributed by atoms with E-state index >= 15 is 0 Å². The van der Waals surface area contributed by atoms with Crippen molar-refractivity contribution in [3.63, 3.8) is 0 Å². The van der Waals surface area contributed by atoms with Gasteiger partial charge in [0.1, 0.15) is 12.6 Å². The SMILES string of the molecule is CC/C=C/C/C=C/C/C=C/C/C=C/C/C=C/CCCC(=O)OC(COCCC(C(=O)[O-])[N+](C)(C)C)COC(=O)CCCCCC/C=C/C/C=C/C/C=C/CC. The molecule has 0 fully saturated rings. The number of unbranched alkanes of at least 4 members (excludes halogenated alkanes) is 5. The molecule has 0 aromatic carbocycles. The summed E-state index contributed by atoms with van der Waals surface area (Å²) in [6.45, 7) is 4.31. The van der Waals surface area contributed by atoms with Crippen LogP contribution in [0.1, 0.15) is 129 Å². The highest BCUT2D eigenvalue weighted by atomic mass is 16.6. The van der Waals surface area contributed by atoms with Crippen molar-refractivity contribution < 1.29 is 38.2 Å². The summed E-state index contributed by atoms with van der Waals surface area (Å²) >= 11 is 0. The van der Waals surface area contributed by atoms with Crippen LogP contribution < -0.4 is 5.11 Å². The number of carbonyl (C=O) groups excluding carboxylic acids is 3. The van der Waals surface area contributed by atoms with E-state index in [1.54, 1.807) is 21.1 Å². The van der Waals surface area contributed by atoms with Crippen LogP contribution in [0.5, 0.6) is 0 Å². The molecule has 0 aliphatic carbocycles. The lowest BCUT2D eigenvalue weighted by atomic mass is 10.1. The quantitative estimate of drug-likeness (QED) is 0.0274. The van der Waals surface area contributed by atoms with E-state index < -0.39 is 18.1 Å². The zero-order chi connectivity index (χ0) is 40.7. The summed E-state index contributed by atoms with van der Waals surface area (Å²) in [6.07, 6.45) is 48.7. The van der Waals surface area contributed by atoms with Crippen LogP contribution >= 0.6 is 0 Å². The van der Waals surface area contributed by atoms with Crippen molar-refractivity contribution in [1.82, 2.24) is 0 Å². The molecule has 0 heterocycles. The smallest absolute Gasteiger partial charge is 0.306 e. The van der Waals surface area contributed by atoms with Crippen LogP contribution in [0.4, 0.5) is 0 Å². The number of rotatable bonds is 35. The van der Waals surface area contributed by atoms with Crippen LogP contribution in [0, 0.1) is 0 Å². The number of aliphatic carboxylic acids is 1. The molecule has 0 saturated carbocycles. The Morgan fingerprint density at radius 1 is 0.545 bits per heavy atom. The second kappa shape index (κ2) is 37.2. The summed E-state index contributed by atoms with van der Waals surface area (Å²) in [5, 5.41) is 11.6. The summed E-state index contributed by atoms with van der Waals surface area (Å²) in [7, 11) is 5.36. The van der Waals surface area contributed by atoms with Gasteiger partial charge in [-0.2, -0.15) is 0 Å². The highest BCUT2D eigenvalue weighted by Gasteiger charge is 2.25. The molecule has 0 rings (SSSR count). The minimum Gasteiger partial charge on any atom is -0.544 e. The van der Waals surface area contributed by atoms with Crippen LogP contribution in [0.15, 0.2) is 97.2 Å². The van der Waals surface area contributed by atoms with Gasteiger partial charge in [-0.1, -0.05) is 124 Å². The molecule has 0 aliphatic heterocycles. The molecule has 0 saturated heterocycles. The van der Waals surface area contributed by atoms with E-state index in [1.807, 2.05) is 0 Å². The molecule has 2 unspecified atom stereocenters. The van der Waals surface area contributed by atoms with Gasteiger partial charge in [-0.3, -0.25) is 9.59 Å². The number of carbonyl (C=O) groups is 3. The number of quaternary nitrogens is 1. The first-order chi connectivity index (χ1) is 26.6. The third-order valence-corrected chi connectivity index (χ3v) is 8.47. The number of carboxylic acid groups (broad SMARTS) is 1. The van der Waals surface area contributed by atoms with Gasteiger partial charge < -0.3 is 28.6 Å². The van der Waals surface area contributed by atoms with Crippen LogP contribution in [-0.2, 0) is 28.6 Å². The summed E-state index contributed by atoms with van der Waals surface area (Å²) in [5.41, 5.74) is 0. The summed E-state index contributed by atoms with van der Waals surface area (Å²) < 4.78 is 17.0. The molecule has 8 nitrogen and oxygen atoms in total. The van der Waals surface area contributed by atoms with Crippen molar-refractivity contribution in [3.8, 4) is 0 Å². The Morgan fingerprint density at radius 3 is 1.45 bits per heavy atom. The van der Waals surface area contributed by atoms with Gasteiger partial charge in [0.15, 0.2) is 6.10 Å². The Balaban J connectivity index is 4.54. The second-order valence-electron chi connectivity index (χ2n) is 14.5. The van der Waals surface area contributed by atoms with E-state index in [0.29, 0.717) is 12.8 Å². The standard InChI is InChI=1S/C47H75NO7/c1-6-8-10-12-14-16-18-20-22-23-24-26-28-30-32-34-36-38-46(50)55-43(41-53-40-39-44(47(51)52)48(3,4)5)42-54-45(49)37-35-33-31-29-27-25-21-19-17-15-13-11-9-7-2/h8-11,14-17,20-22,24-26,30,32,43-44H,6-7,12-13,18-19,23,27-29,31,33-42H2,1-5H3/b10-8+,11-9+,16-14+,17-15+,22-20+,25-21+,26-24+,32-30+. The van der Waals surface area contributed by atoms with E-state index in [2.05, 4.69) is 111 Å². The Labute approximate surface area is 335 Å². The topological polar surface area (TPSA) is 102 Å². The number of allylic oxidation sites excluding steroid dienone is 16. The maximum absolute atomic E-state index is 12.7. The van der Waals surface area contributed by atoms with Crippen LogP contribution in [-0.4, -0.2) is 75.5 Å². The minimum absolute atomic E-state index is 0.00388. The van der Waals surface area contributed by atoms with E-state index in [9.17, 15) is 19.5 Å². The zero-order valence-electron chi connectivity index (χ0n) is 35.0. The maximum Gasteiger partial charge on any atom is 0.306 e. The molecule has 0 aromatic rings. The number of hydrogen-bond acceptors (Lipinski definition) is 7. The number of carboxylic acids is 1. The molecule has 0 radical (unpaired) electrons. The third-order valence-electron chi connectivity index (χ3n) is 8.47. The van der Waals surface area contributed by atoms with Gasteiger partial charge in [0.25, 0.3) is 0 Å². The average molecular weight is 766 g/mol. The number of nitrogens with zero attached hydrogens (tertiary/aromatic N) is 1. The first kappa shape index (κ1) is 51.2. The van der Waals surface area contributed by atoms with Gasteiger partial charge in [0.2, 0.25) is 0 Å². The number of esters is 2. The largest absolute Gasteiger partial charge is 0.544 e. The molecule has 0 spiro atoms. The molecule has 310 valence electrons. The van der Waals surface area contributed by atoms with Crippen molar-refractivity contribution in [2.75, 3.05) is 41.0 Å². The number of ether oxygens (including phenoxy) is 3. The lowest BCUT2D eigenvalue weighted by molar-refractivity contribution is -0.889. The predicted molar refractivity (Wildman–Crippen MR) is 226 cm³/mol. The van der Waals surface area contributed by atoms with Crippen molar-refractivity contribution in [2.24, 2.45) is 0 Å². The Bertz CT molecular complexity index is 1220. The third kappa shape index (κ3) is 35.7. The first-order valence-electron chi connectivity index (χ1n) is 20.8. The number of hydrogen-bond donors (Lipinski definition) is 0. The second-order valence-corrected chi connectivity index (χ2v) is 14.5. The van der Waals surface area contributed by atoms with Gasteiger partial charge in [0, 0.05) is 19.3 Å². The fourth-order valence-electron chi connectivity index (χ4n) is 5.29. The summed E-state index contributed by atoms with van der Waals surface area (Å²) in [6, 6.07) is -0.745.